The van der Waals surface area contributed by atoms with Crippen LogP contribution in [0.1, 0.15) is 25.2 Å². The van der Waals surface area contributed by atoms with Crippen LogP contribution in [0.15, 0.2) is 12.4 Å². The molecular weight excluding hydrogens is 226 g/mol. The maximum Gasteiger partial charge on any atom is 0.150 e. The zero-order valence-electron chi connectivity index (χ0n) is 9.33. The van der Waals surface area contributed by atoms with Crippen molar-refractivity contribution < 1.29 is 8.42 Å². The lowest BCUT2D eigenvalue weighted by atomic mass is 9.99. The maximum atomic E-state index is 11.4. The molecule has 0 aliphatic carbocycles. The van der Waals surface area contributed by atoms with Gasteiger partial charge in [-0.05, 0) is 19.3 Å². The van der Waals surface area contributed by atoms with E-state index in [0.29, 0.717) is 6.42 Å². The second-order valence-corrected chi connectivity index (χ2v) is 6.49. The van der Waals surface area contributed by atoms with Gasteiger partial charge >= 0.3 is 0 Å². The van der Waals surface area contributed by atoms with Gasteiger partial charge in [-0.2, -0.15) is 0 Å². The van der Waals surface area contributed by atoms with Gasteiger partial charge in [0.1, 0.15) is 5.82 Å². The molecule has 0 saturated carbocycles. The SMILES string of the molecule is CCn1ccnc1C(N)C1CCS(=O)(=O)C1. The molecule has 1 aliphatic heterocycles. The number of hydrogen-bond acceptors (Lipinski definition) is 4. The van der Waals surface area contributed by atoms with Crippen molar-refractivity contribution >= 4 is 9.84 Å². The van der Waals surface area contributed by atoms with Crippen molar-refractivity contribution in [2.24, 2.45) is 11.7 Å². The summed E-state index contributed by atoms with van der Waals surface area (Å²) in [6, 6.07) is -0.271. The van der Waals surface area contributed by atoms with E-state index in [4.69, 9.17) is 5.73 Å². The fourth-order valence-electron chi connectivity index (χ4n) is 2.20. The smallest absolute Gasteiger partial charge is 0.150 e. The molecule has 2 rings (SSSR count). The predicted molar refractivity (Wildman–Crippen MR) is 61.6 cm³/mol. The third kappa shape index (κ3) is 2.12. The Bertz CT molecular complexity index is 466. The van der Waals surface area contributed by atoms with Gasteiger partial charge in [0.15, 0.2) is 9.84 Å². The van der Waals surface area contributed by atoms with Crippen molar-refractivity contribution in [3.05, 3.63) is 18.2 Å². The highest BCUT2D eigenvalue weighted by Crippen LogP contribution is 2.28. The Morgan fingerprint density at radius 2 is 2.44 bits per heavy atom. The fourth-order valence-corrected chi connectivity index (χ4v) is 4.06. The van der Waals surface area contributed by atoms with Crippen LogP contribution in [-0.4, -0.2) is 29.5 Å². The van der Waals surface area contributed by atoms with E-state index in [1.165, 1.54) is 0 Å². The molecule has 0 radical (unpaired) electrons. The molecule has 0 amide bonds. The Morgan fingerprint density at radius 3 is 3.00 bits per heavy atom. The fraction of sp³-hybridized carbons (Fsp3) is 0.700. The van der Waals surface area contributed by atoms with E-state index in [-0.39, 0.29) is 23.5 Å². The average molecular weight is 243 g/mol. The van der Waals surface area contributed by atoms with Crippen LogP contribution in [0, 0.1) is 5.92 Å². The molecule has 2 N–H and O–H groups in total. The van der Waals surface area contributed by atoms with E-state index in [1.54, 1.807) is 6.20 Å². The van der Waals surface area contributed by atoms with E-state index < -0.39 is 9.84 Å². The minimum absolute atomic E-state index is 0.0118. The van der Waals surface area contributed by atoms with Gasteiger partial charge in [0, 0.05) is 18.9 Å². The minimum atomic E-state index is -2.87. The molecule has 2 unspecified atom stereocenters. The van der Waals surface area contributed by atoms with Crippen LogP contribution < -0.4 is 5.73 Å². The van der Waals surface area contributed by atoms with E-state index >= 15 is 0 Å². The molecule has 1 aliphatic rings. The predicted octanol–water partition coefficient (Wildman–Crippen LogP) is 0.338. The van der Waals surface area contributed by atoms with Gasteiger partial charge in [-0.1, -0.05) is 0 Å². The molecule has 1 aromatic heterocycles. The van der Waals surface area contributed by atoms with Crippen LogP contribution in [0.4, 0.5) is 0 Å². The second-order valence-electron chi connectivity index (χ2n) is 4.26. The van der Waals surface area contributed by atoms with E-state index in [2.05, 4.69) is 4.98 Å². The lowest BCUT2D eigenvalue weighted by Crippen LogP contribution is -2.25. The summed E-state index contributed by atoms with van der Waals surface area (Å²) >= 11 is 0. The summed E-state index contributed by atoms with van der Waals surface area (Å²) < 4.78 is 24.7. The summed E-state index contributed by atoms with van der Waals surface area (Å²) in [6.07, 6.45) is 4.24. The van der Waals surface area contributed by atoms with Gasteiger partial charge in [-0.3, -0.25) is 0 Å². The maximum absolute atomic E-state index is 11.4. The average Bonchev–Trinajstić information content (AvgIpc) is 2.82. The summed E-state index contributed by atoms with van der Waals surface area (Å²) in [4.78, 5) is 4.22. The van der Waals surface area contributed by atoms with Crippen LogP contribution in [0.2, 0.25) is 0 Å². The van der Waals surface area contributed by atoms with Crippen molar-refractivity contribution in [2.45, 2.75) is 25.9 Å². The third-order valence-corrected chi connectivity index (χ3v) is 4.96. The third-order valence-electron chi connectivity index (χ3n) is 3.16. The summed E-state index contributed by atoms with van der Waals surface area (Å²) in [5, 5.41) is 0. The van der Waals surface area contributed by atoms with Crippen molar-refractivity contribution in [3.8, 4) is 0 Å². The minimum Gasteiger partial charge on any atom is -0.334 e. The standard InChI is InChI=1S/C10H17N3O2S/c1-2-13-5-4-12-10(13)9(11)8-3-6-16(14,15)7-8/h4-5,8-9H,2-3,6-7,11H2,1H3. The largest absolute Gasteiger partial charge is 0.334 e. The first kappa shape index (κ1) is 11.6. The molecule has 2 atom stereocenters. The molecule has 0 bridgehead atoms. The summed E-state index contributed by atoms with van der Waals surface area (Å²) in [6.45, 7) is 2.83. The summed E-state index contributed by atoms with van der Waals surface area (Å²) in [5.41, 5.74) is 6.09. The Balaban J connectivity index is 2.17. The molecule has 90 valence electrons. The molecule has 1 aromatic rings. The summed E-state index contributed by atoms with van der Waals surface area (Å²) in [5.74, 6) is 1.27. The van der Waals surface area contributed by atoms with Crippen molar-refractivity contribution in [3.63, 3.8) is 0 Å². The highest BCUT2D eigenvalue weighted by molar-refractivity contribution is 7.91. The Kier molecular flexibility index (Phi) is 3.03. The van der Waals surface area contributed by atoms with Gasteiger partial charge in [-0.25, -0.2) is 13.4 Å². The van der Waals surface area contributed by atoms with Crippen LogP contribution in [-0.2, 0) is 16.4 Å². The Labute approximate surface area is 95.6 Å². The van der Waals surface area contributed by atoms with Crippen LogP contribution in [0.5, 0.6) is 0 Å². The lowest BCUT2D eigenvalue weighted by molar-refractivity contribution is 0.444. The highest BCUT2D eigenvalue weighted by atomic mass is 32.2. The number of sulfone groups is 1. The zero-order chi connectivity index (χ0) is 11.8. The zero-order valence-corrected chi connectivity index (χ0v) is 10.2. The molecule has 6 heteroatoms. The quantitative estimate of drug-likeness (QED) is 0.830. The second kappa shape index (κ2) is 4.18. The normalized spacial score (nSPS) is 25.8. The molecule has 2 heterocycles. The summed E-state index contributed by atoms with van der Waals surface area (Å²) in [7, 11) is -2.87. The number of aryl methyl sites for hydroxylation is 1. The molecule has 16 heavy (non-hydrogen) atoms. The first-order valence-electron chi connectivity index (χ1n) is 5.50. The number of rotatable bonds is 3. The molecular formula is C10H17N3O2S. The number of imidazole rings is 1. The van der Waals surface area contributed by atoms with E-state index in [9.17, 15) is 8.42 Å². The first-order chi connectivity index (χ1) is 7.53. The van der Waals surface area contributed by atoms with Crippen LogP contribution in [0.3, 0.4) is 0 Å². The van der Waals surface area contributed by atoms with Crippen molar-refractivity contribution in [1.29, 1.82) is 0 Å². The first-order valence-corrected chi connectivity index (χ1v) is 7.32. The van der Waals surface area contributed by atoms with Crippen molar-refractivity contribution in [2.75, 3.05) is 11.5 Å². The monoisotopic (exact) mass is 243 g/mol. The molecule has 5 nitrogen and oxygen atoms in total. The topological polar surface area (TPSA) is 78.0 Å². The highest BCUT2D eigenvalue weighted by Gasteiger charge is 2.34. The number of nitrogens with zero attached hydrogens (tertiary/aromatic N) is 2. The molecule has 0 spiro atoms. The van der Waals surface area contributed by atoms with Crippen molar-refractivity contribution in [1.82, 2.24) is 9.55 Å². The van der Waals surface area contributed by atoms with Crippen LogP contribution in [0.25, 0.3) is 0 Å². The molecule has 1 saturated heterocycles. The van der Waals surface area contributed by atoms with E-state index in [1.807, 2.05) is 17.7 Å². The molecule has 1 fully saturated rings. The molecule has 0 aromatic carbocycles. The Hall–Kier alpha value is -0.880. The van der Waals surface area contributed by atoms with Crippen LogP contribution >= 0.6 is 0 Å². The van der Waals surface area contributed by atoms with Gasteiger partial charge in [0.05, 0.1) is 17.5 Å². The van der Waals surface area contributed by atoms with Gasteiger partial charge in [-0.15, -0.1) is 0 Å². The van der Waals surface area contributed by atoms with Gasteiger partial charge in [0.2, 0.25) is 0 Å². The lowest BCUT2D eigenvalue weighted by Gasteiger charge is -2.18. The van der Waals surface area contributed by atoms with E-state index in [0.717, 1.165) is 12.4 Å². The number of aromatic nitrogens is 2. The Morgan fingerprint density at radius 1 is 1.69 bits per heavy atom. The number of hydrogen-bond donors (Lipinski definition) is 1. The van der Waals surface area contributed by atoms with Gasteiger partial charge < -0.3 is 10.3 Å². The van der Waals surface area contributed by atoms with Gasteiger partial charge in [0.25, 0.3) is 0 Å². The number of nitrogens with two attached hydrogens (primary N) is 1.